The number of rotatable bonds is 10. The van der Waals surface area contributed by atoms with Gasteiger partial charge < -0.3 is 26.9 Å². The van der Waals surface area contributed by atoms with Crippen LogP contribution in [0.25, 0.3) is 0 Å². The predicted molar refractivity (Wildman–Crippen MR) is 169 cm³/mol. The molecule has 0 radical (unpaired) electrons. The number of aromatic amines is 1. The van der Waals surface area contributed by atoms with Crippen LogP contribution in [0.3, 0.4) is 0 Å². The van der Waals surface area contributed by atoms with Crippen LogP contribution in [0.2, 0.25) is 15.5 Å². The summed E-state index contributed by atoms with van der Waals surface area (Å²) in [6.07, 6.45) is 9.19. The molecule has 0 fully saturated rings. The largest absolute Gasteiger partial charge is 0.465 e. The predicted octanol–water partition coefficient (Wildman–Crippen LogP) is 6.80. The van der Waals surface area contributed by atoms with E-state index < -0.39 is 0 Å². The second-order valence-corrected chi connectivity index (χ2v) is 11.3. The highest BCUT2D eigenvalue weighted by atomic mass is 79.9. The van der Waals surface area contributed by atoms with Gasteiger partial charge >= 0.3 is 5.97 Å². The molecule has 0 amide bonds. The van der Waals surface area contributed by atoms with E-state index in [0.717, 1.165) is 12.8 Å². The SMILES string of the molecule is CCCCC(CC)COC(=O)CCSc1ncc(Cl)nc1N.Nc1nc(Cl)c[nH]c1=S.Nc1nc(Cl)cnc1Br. The summed E-state index contributed by atoms with van der Waals surface area (Å²) < 4.78 is 6.28. The van der Waals surface area contributed by atoms with E-state index in [2.05, 4.69) is 59.7 Å². The van der Waals surface area contributed by atoms with Gasteiger partial charge in [-0.1, -0.05) is 80.1 Å². The van der Waals surface area contributed by atoms with Crippen molar-refractivity contribution >= 4 is 98.1 Å². The molecular weight excluding hydrogens is 685 g/mol. The van der Waals surface area contributed by atoms with E-state index in [0.29, 0.717) is 55.1 Å². The van der Waals surface area contributed by atoms with E-state index in [4.69, 9.17) is 69.0 Å². The Labute approximate surface area is 265 Å². The quantitative estimate of drug-likeness (QED) is 0.0979. The number of hydrogen-bond donors (Lipinski definition) is 4. The summed E-state index contributed by atoms with van der Waals surface area (Å²) in [5, 5.41) is 1.47. The van der Waals surface area contributed by atoms with Gasteiger partial charge in [0.2, 0.25) is 0 Å². The van der Waals surface area contributed by atoms with E-state index in [1.165, 1.54) is 43.2 Å². The number of nitrogens with one attached hydrogen (secondary N) is 1. The maximum atomic E-state index is 11.7. The number of esters is 1. The summed E-state index contributed by atoms with van der Waals surface area (Å²) >= 11 is 25.7. The van der Waals surface area contributed by atoms with Crippen molar-refractivity contribution in [2.45, 2.75) is 51.0 Å². The molecule has 0 aliphatic carbocycles. The van der Waals surface area contributed by atoms with Crippen LogP contribution in [0.5, 0.6) is 0 Å². The number of nitrogens with zero attached hydrogens (tertiary/aromatic N) is 5. The zero-order chi connectivity index (χ0) is 30.1. The molecule has 0 aromatic carbocycles. The van der Waals surface area contributed by atoms with Crippen molar-refractivity contribution in [1.29, 1.82) is 0 Å². The Balaban J connectivity index is 0.000000361. The summed E-state index contributed by atoms with van der Waals surface area (Å²) in [5.41, 5.74) is 16.3. The molecule has 3 aromatic heterocycles. The van der Waals surface area contributed by atoms with Gasteiger partial charge in [-0.05, 0) is 28.3 Å². The second kappa shape index (κ2) is 20.0. The van der Waals surface area contributed by atoms with Crippen LogP contribution in [0, 0.1) is 10.6 Å². The molecule has 220 valence electrons. The normalized spacial score (nSPS) is 10.9. The van der Waals surface area contributed by atoms with Crippen molar-refractivity contribution in [3.63, 3.8) is 0 Å². The molecule has 3 aromatic rings. The van der Waals surface area contributed by atoms with E-state index in [1.807, 2.05) is 0 Å². The highest BCUT2D eigenvalue weighted by Gasteiger charge is 2.11. The van der Waals surface area contributed by atoms with Crippen LogP contribution in [-0.4, -0.2) is 48.2 Å². The average Bonchev–Trinajstić information content (AvgIpc) is 2.91. The molecule has 7 N–H and O–H groups in total. The molecule has 17 heteroatoms. The average molecular weight is 716 g/mol. The third-order valence-electron chi connectivity index (χ3n) is 4.81. The zero-order valence-corrected chi connectivity index (χ0v) is 27.4. The molecule has 0 aliphatic heterocycles. The zero-order valence-electron chi connectivity index (χ0n) is 21.9. The number of unbranched alkanes of at least 4 members (excludes halogenated alkanes) is 1. The molecular formula is C23H31BrCl3N9O2S2. The number of H-pyrrole nitrogens is 1. The molecule has 0 bridgehead atoms. The maximum Gasteiger partial charge on any atom is 0.306 e. The molecule has 3 heterocycles. The Morgan fingerprint density at radius 3 is 2.20 bits per heavy atom. The van der Waals surface area contributed by atoms with Crippen LogP contribution in [0.4, 0.5) is 17.5 Å². The first-order valence-corrected chi connectivity index (χ1v) is 15.3. The van der Waals surface area contributed by atoms with Crippen molar-refractivity contribution in [2.75, 3.05) is 29.6 Å². The lowest BCUT2D eigenvalue weighted by Crippen LogP contribution is -2.14. The number of halogens is 4. The molecule has 1 unspecified atom stereocenters. The highest BCUT2D eigenvalue weighted by molar-refractivity contribution is 9.10. The van der Waals surface area contributed by atoms with Crippen LogP contribution in [0.1, 0.15) is 46.0 Å². The van der Waals surface area contributed by atoms with Crippen molar-refractivity contribution in [1.82, 2.24) is 29.9 Å². The minimum Gasteiger partial charge on any atom is -0.465 e. The van der Waals surface area contributed by atoms with E-state index in [9.17, 15) is 4.79 Å². The van der Waals surface area contributed by atoms with Gasteiger partial charge in [0, 0.05) is 11.9 Å². The topological polar surface area (TPSA) is 185 Å². The summed E-state index contributed by atoms with van der Waals surface area (Å²) in [6, 6.07) is 0. The van der Waals surface area contributed by atoms with Crippen molar-refractivity contribution in [2.24, 2.45) is 5.92 Å². The standard InChI is InChI=1S/C15H24ClN3O2S.C4H3BrClN3.C4H4ClN3S/c1-3-5-6-11(4-2)10-21-13(20)7-8-22-15-14(17)19-12(16)9-18-15;5-3-4(7)9-2(6)1-8-3;5-2-1-7-4(9)3(6)8-2/h9,11H,3-8,10H2,1-2H3,(H2,17,19);1H,(H2,7,9);1H,(H2,6,8)(H,7,9). The highest BCUT2D eigenvalue weighted by Crippen LogP contribution is 2.23. The first-order chi connectivity index (χ1) is 19.0. The minimum absolute atomic E-state index is 0.178. The van der Waals surface area contributed by atoms with E-state index >= 15 is 0 Å². The van der Waals surface area contributed by atoms with Gasteiger partial charge in [-0.15, -0.1) is 11.8 Å². The second-order valence-electron chi connectivity index (χ2n) is 7.89. The molecule has 1 atom stereocenters. The third kappa shape index (κ3) is 15.1. The number of hydrogen-bond acceptors (Lipinski definition) is 12. The van der Waals surface area contributed by atoms with Gasteiger partial charge in [0.25, 0.3) is 0 Å². The number of carbonyl (C=O) groups excluding carboxylic acids is 1. The number of aromatic nitrogens is 6. The lowest BCUT2D eigenvalue weighted by molar-refractivity contribution is -0.144. The summed E-state index contributed by atoms with van der Waals surface area (Å²) in [7, 11) is 0. The fraction of sp³-hybridized carbons (Fsp3) is 0.435. The van der Waals surface area contributed by atoms with Gasteiger partial charge in [-0.3, -0.25) is 4.79 Å². The molecule has 0 aliphatic rings. The molecule has 0 saturated heterocycles. The summed E-state index contributed by atoms with van der Waals surface area (Å²) in [6.45, 7) is 4.82. The molecule has 3 rings (SSSR count). The Hall–Kier alpha value is -1.97. The van der Waals surface area contributed by atoms with Crippen molar-refractivity contribution in [3.05, 3.63) is 43.3 Å². The Morgan fingerprint density at radius 1 is 1.05 bits per heavy atom. The van der Waals surface area contributed by atoms with E-state index in [1.54, 1.807) is 0 Å². The Kier molecular flexibility index (Phi) is 18.0. The first-order valence-electron chi connectivity index (χ1n) is 12.0. The monoisotopic (exact) mass is 713 g/mol. The lowest BCUT2D eigenvalue weighted by Gasteiger charge is -2.14. The Bertz CT molecular complexity index is 1270. The fourth-order valence-corrected chi connectivity index (χ4v) is 4.16. The van der Waals surface area contributed by atoms with Crippen molar-refractivity contribution in [3.8, 4) is 0 Å². The number of nitrogens with two attached hydrogens (primary N) is 3. The number of ether oxygens (including phenoxy) is 1. The first kappa shape index (κ1) is 36.1. The van der Waals surface area contributed by atoms with Crippen LogP contribution in [-0.2, 0) is 9.53 Å². The Morgan fingerprint density at radius 2 is 1.68 bits per heavy atom. The number of carbonyl (C=O) groups is 1. The van der Waals surface area contributed by atoms with Gasteiger partial charge in [0.1, 0.15) is 29.7 Å². The molecule has 0 spiro atoms. The third-order valence-corrected chi connectivity index (χ3v) is 7.30. The maximum absolute atomic E-state index is 11.7. The lowest BCUT2D eigenvalue weighted by atomic mass is 10.0. The minimum atomic E-state index is -0.178. The molecule has 11 nitrogen and oxygen atoms in total. The van der Waals surface area contributed by atoms with Crippen LogP contribution < -0.4 is 17.2 Å². The number of thioether (sulfide) groups is 1. The number of nitrogen functional groups attached to an aromatic ring is 3. The fourth-order valence-electron chi connectivity index (χ4n) is 2.66. The van der Waals surface area contributed by atoms with Crippen molar-refractivity contribution < 1.29 is 9.53 Å². The molecule has 0 saturated carbocycles. The molecule has 40 heavy (non-hydrogen) atoms. The smallest absolute Gasteiger partial charge is 0.306 e. The van der Waals surface area contributed by atoms with Crippen LogP contribution in [0.15, 0.2) is 28.2 Å². The van der Waals surface area contributed by atoms with Gasteiger partial charge in [0.15, 0.2) is 17.5 Å². The summed E-state index contributed by atoms with van der Waals surface area (Å²) in [4.78, 5) is 33.6. The van der Waals surface area contributed by atoms with Gasteiger partial charge in [-0.25, -0.2) is 24.9 Å². The number of anilines is 3. The van der Waals surface area contributed by atoms with E-state index in [-0.39, 0.29) is 22.8 Å². The summed E-state index contributed by atoms with van der Waals surface area (Å²) in [5.74, 6) is 1.71. The van der Waals surface area contributed by atoms with Crippen LogP contribution >= 0.6 is 74.7 Å². The van der Waals surface area contributed by atoms with Gasteiger partial charge in [-0.2, -0.15) is 0 Å². The van der Waals surface area contributed by atoms with Gasteiger partial charge in [0.05, 0.1) is 25.4 Å².